The van der Waals surface area contributed by atoms with E-state index < -0.39 is 23.9 Å². The maximum absolute atomic E-state index is 12.4. The fourth-order valence-electron chi connectivity index (χ4n) is 14.9. The van der Waals surface area contributed by atoms with Crippen LogP contribution in [0.3, 0.4) is 0 Å². The second-order valence-electron chi connectivity index (χ2n) is 36.8. The molecular weight excluding hydrogens is 1840 g/mol. The number of aryl methyl sites for hydroxylation is 3. The fourth-order valence-corrected chi connectivity index (χ4v) is 15.3. The summed E-state index contributed by atoms with van der Waals surface area (Å²) in [7, 11) is 0.105. The standard InChI is InChI=1S/C27H32N8O2.C23H25N7.C22H29ClN4O2.C15H22Cl2N4O2.C7H9BO3.C5H4N4.CH4/c1-18-6-5-7-20(12-18)25-22(13-23(33-34-25)32-24-17-29-21(14-28)16-31-24)30-15-19-8-10-35(11-9-19)26(36)37-27(2,3)4;1-16-6-5-9-18(10-16)23-20(26-13-17-7-3-2-4-8-17)11-21(29-30-23)28-22-15-25-19(12-24)14-27-22;1-15-6-5-7-17(12-15)20-18(13-19(23)25-26-20)24-14-16-8-10-27(11-9-16)21(28)29-22(2,3)4;1-15(2,3)23-14(22)21-6-4-10(5-7-21)9-18-11-8-12(16)19-20-13(11)17;1-11-7-4-2-3-6(5-7)8(9)10;6-1-4-2-9-5(7)3-8-4;/h5-7,12-13,16-17,19H,8-11,15H2,1-4H3,(H2,30,31,32,33);5-6,9-11,14-15,17H,2-4,7-8,13H2,1H3,(H2,26,27,28,29);5-7,12-13,16H,8-11,14H2,1-4H3,(H,24,25);8,10H,4-7,9H2,1-3H3,(H,18,19);2-5,9-10H,1H3;2-3H,(H2,7,9);1H4. The average molecular weight is 1970 g/mol. The Morgan fingerprint density at radius 2 is 0.764 bits per heavy atom. The Bertz CT molecular complexity index is 5950. The van der Waals surface area contributed by atoms with Gasteiger partial charge in [0.2, 0.25) is 0 Å². The number of nitrogen functional groups attached to an aromatic ring is 1. The highest BCUT2D eigenvalue weighted by atomic mass is 35.5. The molecule has 3 amide bonds. The zero-order valence-electron chi connectivity index (χ0n) is 80.7. The zero-order chi connectivity index (χ0) is 100. The van der Waals surface area contributed by atoms with Crippen molar-refractivity contribution in [3.05, 3.63) is 208 Å². The van der Waals surface area contributed by atoms with Crippen LogP contribution in [0.25, 0.3) is 33.8 Å². The van der Waals surface area contributed by atoms with Crippen molar-refractivity contribution in [3.8, 4) is 57.7 Å². The van der Waals surface area contributed by atoms with E-state index in [4.69, 9.17) is 85.3 Å². The Morgan fingerprint density at radius 3 is 1.11 bits per heavy atom. The van der Waals surface area contributed by atoms with Gasteiger partial charge in [-0.1, -0.05) is 145 Å². The van der Waals surface area contributed by atoms with E-state index in [0.717, 1.165) is 121 Å². The molecule has 36 nitrogen and oxygen atoms in total. The molecule has 0 bridgehead atoms. The van der Waals surface area contributed by atoms with Gasteiger partial charge >= 0.3 is 25.4 Å². The molecule has 11 aromatic rings. The number of piperidine rings is 3. The summed E-state index contributed by atoms with van der Waals surface area (Å²) in [5.41, 5.74) is 17.3. The van der Waals surface area contributed by atoms with Crippen LogP contribution in [0.1, 0.15) is 174 Å². The molecule has 140 heavy (non-hydrogen) atoms. The molecule has 4 fully saturated rings. The van der Waals surface area contributed by atoms with Crippen LogP contribution in [0.5, 0.6) is 5.75 Å². The van der Waals surface area contributed by atoms with Crippen molar-refractivity contribution in [1.82, 2.24) is 85.4 Å². The zero-order valence-corrected chi connectivity index (χ0v) is 82.9. The summed E-state index contributed by atoms with van der Waals surface area (Å²) in [6, 6.07) is 44.3. The van der Waals surface area contributed by atoms with Gasteiger partial charge in [0.15, 0.2) is 44.2 Å². The highest BCUT2D eigenvalue weighted by Gasteiger charge is 2.32. The Hall–Kier alpha value is -14.0. The SMILES string of the molecule is C.CC(C)(C)OC(=O)N1CCC(CNc2cc(Cl)nnc2Cl)CC1.COc1cccc(B(O)O)c1.Cc1cccc(-c2nnc(Cl)cc2NCC2CCN(C(=O)OC(C)(C)C)CC2)c1.Cc1cccc(-c2nnc(Nc3cnc(C#N)cn3)cc2NCC2CCCCC2)c1.Cc1cccc(-c2nnc(Nc3cnc(C#N)cn3)cc2NCC2CCN(C(=O)OC(C)(C)C)CC2)c1.N#Cc1cnc(N)cn1. The predicted molar refractivity (Wildman–Crippen MR) is 547 cm³/mol. The lowest BCUT2D eigenvalue weighted by Gasteiger charge is -2.33. The molecule has 738 valence electrons. The number of nitrogens with one attached hydrogen (secondary N) is 6. The first-order valence-electron chi connectivity index (χ1n) is 46.0. The largest absolute Gasteiger partial charge is 0.497 e. The van der Waals surface area contributed by atoms with Crippen molar-refractivity contribution in [1.29, 1.82) is 15.8 Å². The number of hydrogen-bond donors (Lipinski definition) is 9. The molecule has 0 spiro atoms. The number of rotatable bonds is 21. The molecular formula is C100H125BCl3N27O9. The van der Waals surface area contributed by atoms with E-state index in [9.17, 15) is 14.4 Å². The van der Waals surface area contributed by atoms with E-state index in [1.807, 2.05) is 142 Å². The molecule has 1 saturated carbocycles. The van der Waals surface area contributed by atoms with E-state index >= 15 is 0 Å². The number of carbonyl (C=O) groups is 3. The van der Waals surface area contributed by atoms with Gasteiger partial charge in [-0.15, -0.1) is 40.8 Å². The normalized spacial score (nSPS) is 13.9. The Balaban J connectivity index is 0.000000196. The van der Waals surface area contributed by atoms with Gasteiger partial charge in [-0.3, -0.25) is 0 Å². The lowest BCUT2D eigenvalue weighted by molar-refractivity contribution is 0.0177. The van der Waals surface area contributed by atoms with Crippen LogP contribution in [-0.2, 0) is 14.2 Å². The minimum Gasteiger partial charge on any atom is -0.497 e. The van der Waals surface area contributed by atoms with Crippen molar-refractivity contribution in [2.75, 3.05) is 110 Å². The third kappa shape index (κ3) is 37.0. The number of nitrogens with zero attached hydrogens (tertiary/aromatic N) is 20. The number of nitriles is 3. The van der Waals surface area contributed by atoms with Crippen LogP contribution in [0.2, 0.25) is 15.5 Å². The second-order valence-corrected chi connectivity index (χ2v) is 37.9. The Kier molecular flexibility index (Phi) is 42.1. The molecule has 4 aliphatic rings. The quantitative estimate of drug-likeness (QED) is 0.0238. The minimum atomic E-state index is -1.43. The molecule has 3 saturated heterocycles. The monoisotopic (exact) mass is 1960 g/mol. The van der Waals surface area contributed by atoms with Crippen molar-refractivity contribution in [2.24, 2.45) is 23.7 Å². The number of likely N-dealkylation sites (tertiary alicyclic amines) is 3. The summed E-state index contributed by atoms with van der Waals surface area (Å²) in [5, 5.41) is 98.2. The van der Waals surface area contributed by atoms with Gasteiger partial charge in [0.1, 0.15) is 75.3 Å². The first-order chi connectivity index (χ1) is 66.4. The summed E-state index contributed by atoms with van der Waals surface area (Å²) in [6.45, 7) is 30.5. The molecule has 7 aromatic heterocycles. The van der Waals surface area contributed by atoms with E-state index in [1.165, 1.54) is 87.5 Å². The number of carbonyl (C=O) groups excluding carboxylic acids is 3. The van der Waals surface area contributed by atoms with Gasteiger partial charge in [0.05, 0.1) is 67.0 Å². The van der Waals surface area contributed by atoms with Gasteiger partial charge < -0.3 is 81.3 Å². The summed E-state index contributed by atoms with van der Waals surface area (Å²) in [5.74, 6) is 5.04. The maximum atomic E-state index is 12.4. The average Bonchev–Trinajstić information content (AvgIpc) is 0.821. The van der Waals surface area contributed by atoms with Crippen LogP contribution in [0.4, 0.5) is 66.2 Å². The summed E-state index contributed by atoms with van der Waals surface area (Å²) >= 11 is 17.9. The summed E-state index contributed by atoms with van der Waals surface area (Å²) < 4.78 is 21.3. The number of methoxy groups -OCH3 is 1. The molecule has 10 heterocycles. The molecule has 1 aliphatic carbocycles. The van der Waals surface area contributed by atoms with E-state index in [-0.39, 0.29) is 42.8 Å². The van der Waals surface area contributed by atoms with Crippen LogP contribution in [0.15, 0.2) is 159 Å². The third-order valence-corrected chi connectivity index (χ3v) is 22.7. The number of hydrogen-bond acceptors (Lipinski definition) is 33. The molecule has 3 aliphatic heterocycles. The Morgan fingerprint density at radius 1 is 0.421 bits per heavy atom. The lowest BCUT2D eigenvalue weighted by atomic mass is 9.80. The van der Waals surface area contributed by atoms with Crippen LogP contribution >= 0.6 is 34.8 Å². The molecule has 40 heteroatoms. The van der Waals surface area contributed by atoms with Crippen molar-refractivity contribution in [2.45, 2.75) is 178 Å². The highest BCUT2D eigenvalue weighted by Crippen LogP contribution is 2.36. The van der Waals surface area contributed by atoms with E-state index in [0.29, 0.717) is 124 Å². The first kappa shape index (κ1) is 110. The molecule has 10 N–H and O–H groups in total. The van der Waals surface area contributed by atoms with Gasteiger partial charge in [0.25, 0.3) is 0 Å². The van der Waals surface area contributed by atoms with Gasteiger partial charge in [-0.25, -0.2) is 44.3 Å². The van der Waals surface area contributed by atoms with Gasteiger partial charge in [-0.05, 0) is 194 Å². The van der Waals surface area contributed by atoms with Crippen LogP contribution in [0, 0.1) is 78.4 Å². The second kappa shape index (κ2) is 53.8. The first-order valence-corrected chi connectivity index (χ1v) is 47.1. The van der Waals surface area contributed by atoms with Gasteiger partial charge in [-0.2, -0.15) is 15.8 Å². The maximum Gasteiger partial charge on any atom is 0.488 e. The predicted octanol–water partition coefficient (Wildman–Crippen LogP) is 18.7. The molecule has 4 aromatic carbocycles. The Labute approximate surface area is 834 Å². The summed E-state index contributed by atoms with van der Waals surface area (Å²) in [6.07, 6.45) is 19.8. The highest BCUT2D eigenvalue weighted by molar-refractivity contribution is 6.58. The van der Waals surface area contributed by atoms with Crippen LogP contribution in [-0.4, -0.2) is 210 Å². The van der Waals surface area contributed by atoms with E-state index in [1.54, 1.807) is 45.0 Å². The number of amides is 3. The van der Waals surface area contributed by atoms with Crippen molar-refractivity contribution >= 4 is 118 Å². The number of ether oxygens (including phenoxy) is 4. The minimum absolute atomic E-state index is 0. The molecule has 15 rings (SSSR count). The smallest absolute Gasteiger partial charge is 0.488 e. The molecule has 0 atom stereocenters. The van der Waals surface area contributed by atoms with Crippen LogP contribution < -0.4 is 47.8 Å². The lowest BCUT2D eigenvalue weighted by Crippen LogP contribution is -2.42. The third-order valence-electron chi connectivity index (χ3n) is 22.0. The van der Waals surface area contributed by atoms with Gasteiger partial charge in [0, 0.05) is 106 Å². The number of halogens is 3. The number of benzene rings is 4. The van der Waals surface area contributed by atoms with E-state index in [2.05, 4.69) is 153 Å². The number of anilines is 9. The fraction of sp³-hybridized carbons (Fsp3) is 0.420. The molecule has 0 radical (unpaired) electrons. The number of aromatic nitrogens is 14. The molecule has 0 unspecified atom stereocenters. The topological polar surface area (TPSA) is 488 Å². The number of nitrogens with two attached hydrogens (primary N) is 1. The van der Waals surface area contributed by atoms with Crippen molar-refractivity contribution < 1.29 is 43.4 Å². The summed E-state index contributed by atoms with van der Waals surface area (Å²) in [4.78, 5) is 65.8. The van der Waals surface area contributed by atoms with Crippen molar-refractivity contribution in [3.63, 3.8) is 0 Å².